The van der Waals surface area contributed by atoms with Crippen LogP contribution in [0.1, 0.15) is 5.01 Å². The Kier molecular flexibility index (Phi) is 2.47. The second-order valence-corrected chi connectivity index (χ2v) is 4.81. The third kappa shape index (κ3) is 1.91. The zero-order valence-electron chi connectivity index (χ0n) is 6.94. The predicted octanol–water partition coefficient (Wildman–Crippen LogP) is 1.55. The van der Waals surface area contributed by atoms with Crippen LogP contribution in [-0.2, 0) is 16.5 Å². The van der Waals surface area contributed by atoms with Crippen LogP contribution < -0.4 is 0 Å². The van der Waals surface area contributed by atoms with Crippen molar-refractivity contribution in [2.24, 2.45) is 0 Å². The number of halogens is 1. The molecule has 3 nitrogen and oxygen atoms in total. The Hall–Kier alpha value is -1.01. The van der Waals surface area contributed by atoms with Crippen LogP contribution in [0.25, 0.3) is 10.2 Å². The molecule has 0 fully saturated rings. The maximum Gasteiger partial charge on any atom is 0.146 e. The van der Waals surface area contributed by atoms with Crippen LogP contribution in [-0.4, -0.2) is 13.4 Å². The zero-order valence-corrected chi connectivity index (χ0v) is 8.65. The molecule has 2 aromatic rings. The molecule has 74 valence electrons. The normalized spacial score (nSPS) is 11.3. The molecule has 2 rings (SSSR count). The van der Waals surface area contributed by atoms with Gasteiger partial charge in [0.15, 0.2) is 0 Å². The van der Waals surface area contributed by atoms with Crippen molar-refractivity contribution >= 4 is 32.3 Å². The number of nitrogens with zero attached hydrogens (tertiary/aromatic N) is 1. The molecule has 0 unspecified atom stereocenters. The van der Waals surface area contributed by atoms with Gasteiger partial charge in [-0.2, -0.15) is 0 Å². The lowest BCUT2D eigenvalue weighted by atomic mass is 10.3. The van der Waals surface area contributed by atoms with Crippen LogP contribution >= 0.6 is 11.3 Å². The maximum absolute atomic E-state index is 12.8. The van der Waals surface area contributed by atoms with Gasteiger partial charge in [-0.1, -0.05) is 0 Å². The molecule has 14 heavy (non-hydrogen) atoms. The first-order valence-electron chi connectivity index (χ1n) is 3.82. The largest absolute Gasteiger partial charge is 0.240 e. The Morgan fingerprint density at radius 3 is 2.93 bits per heavy atom. The zero-order chi connectivity index (χ0) is 10.1. The van der Waals surface area contributed by atoms with E-state index in [4.69, 9.17) is 0 Å². The fourth-order valence-electron chi connectivity index (χ4n) is 1.13. The third-order valence-electron chi connectivity index (χ3n) is 1.66. The summed E-state index contributed by atoms with van der Waals surface area (Å²) in [5.41, 5.74) is 0.516. The molecule has 0 radical (unpaired) electrons. The van der Waals surface area contributed by atoms with Gasteiger partial charge >= 0.3 is 0 Å². The van der Waals surface area contributed by atoms with E-state index in [9.17, 15) is 12.8 Å². The lowest BCUT2D eigenvalue weighted by Crippen LogP contribution is -1.83. The Balaban J connectivity index is 2.51. The minimum atomic E-state index is -2.47. The Morgan fingerprint density at radius 1 is 1.43 bits per heavy atom. The number of aromatic nitrogens is 1. The van der Waals surface area contributed by atoms with Crippen LogP contribution in [0.4, 0.5) is 4.39 Å². The maximum atomic E-state index is 12.8. The van der Waals surface area contributed by atoms with Crippen LogP contribution in [0.5, 0.6) is 0 Å². The van der Waals surface area contributed by atoms with Crippen LogP contribution in [0.15, 0.2) is 18.2 Å². The summed E-state index contributed by atoms with van der Waals surface area (Å²) in [5.74, 6) is -0.433. The quantitative estimate of drug-likeness (QED) is 0.798. The average Bonchev–Trinajstić information content (AvgIpc) is 2.44. The second-order valence-electron chi connectivity index (χ2n) is 2.71. The number of thiazole rings is 1. The van der Waals surface area contributed by atoms with Crippen molar-refractivity contribution in [3.63, 3.8) is 0 Å². The molecule has 0 spiro atoms. The molecule has 0 atom stereocenters. The lowest BCUT2D eigenvalue weighted by Gasteiger charge is -1.85. The van der Waals surface area contributed by atoms with Crippen LogP contribution in [0.3, 0.4) is 0 Å². The fourth-order valence-corrected chi connectivity index (χ4v) is 2.74. The summed E-state index contributed by atoms with van der Waals surface area (Å²) < 4.78 is 34.4. The van der Waals surface area contributed by atoms with Gasteiger partial charge in [0, 0.05) is 6.07 Å². The highest BCUT2D eigenvalue weighted by Gasteiger charge is 2.05. The first kappa shape index (κ1) is 9.54. The monoisotopic (exact) mass is 231 g/mol. The fraction of sp³-hybridized carbons (Fsp3) is 0.125. The second kappa shape index (κ2) is 3.62. The van der Waals surface area contributed by atoms with Crippen molar-refractivity contribution in [2.45, 2.75) is 5.75 Å². The molecule has 6 heteroatoms. The molecule has 0 aliphatic rings. The summed E-state index contributed by atoms with van der Waals surface area (Å²) in [6, 6.07) is 4.23. The summed E-state index contributed by atoms with van der Waals surface area (Å²) >= 11 is 1.27. The Labute approximate surface area is 85.2 Å². The number of fused-ring (bicyclic) bond motifs is 1. The molecule has 0 bridgehead atoms. The first-order chi connectivity index (χ1) is 6.65. The smallest absolute Gasteiger partial charge is 0.146 e. The van der Waals surface area contributed by atoms with Gasteiger partial charge in [-0.3, -0.25) is 0 Å². The van der Waals surface area contributed by atoms with E-state index in [1.165, 1.54) is 23.5 Å². The van der Waals surface area contributed by atoms with Crippen molar-refractivity contribution < 1.29 is 12.8 Å². The molecule has 0 amide bonds. The van der Waals surface area contributed by atoms with E-state index in [-0.39, 0.29) is 11.6 Å². The average molecular weight is 231 g/mol. The lowest BCUT2D eigenvalue weighted by molar-refractivity contribution is 0.614. The summed E-state index contributed by atoms with van der Waals surface area (Å²) in [7, 11) is -2.47. The topological polar surface area (TPSA) is 47.0 Å². The third-order valence-corrected chi connectivity index (χ3v) is 3.47. The van der Waals surface area contributed by atoms with E-state index >= 15 is 0 Å². The Morgan fingerprint density at radius 2 is 2.21 bits per heavy atom. The standard InChI is InChI=1S/C8H6FNO2S2/c9-5-1-2-7-6(3-5)10-8(13-7)4-14(11)12/h1-3,14H,4H2. The molecule has 1 aromatic heterocycles. The van der Waals surface area contributed by atoms with Crippen molar-refractivity contribution in [1.29, 1.82) is 0 Å². The van der Waals surface area contributed by atoms with Crippen molar-refractivity contribution in [3.05, 3.63) is 29.0 Å². The van der Waals surface area contributed by atoms with Gasteiger partial charge < -0.3 is 0 Å². The van der Waals surface area contributed by atoms with E-state index in [0.29, 0.717) is 10.5 Å². The molecule has 0 aliphatic heterocycles. The molecule has 1 heterocycles. The summed E-state index contributed by atoms with van der Waals surface area (Å²) in [6.45, 7) is 0. The summed E-state index contributed by atoms with van der Waals surface area (Å²) in [6.07, 6.45) is 0. The number of rotatable bonds is 2. The van der Waals surface area contributed by atoms with Gasteiger partial charge in [0.05, 0.1) is 16.0 Å². The molecule has 0 N–H and O–H groups in total. The van der Waals surface area contributed by atoms with Gasteiger partial charge in [0.2, 0.25) is 0 Å². The van der Waals surface area contributed by atoms with E-state index < -0.39 is 10.7 Å². The predicted molar refractivity (Wildman–Crippen MR) is 53.6 cm³/mol. The van der Waals surface area contributed by atoms with E-state index in [1.807, 2.05) is 0 Å². The Bertz CT molecular complexity index is 539. The first-order valence-corrected chi connectivity index (χ1v) is 6.00. The highest BCUT2D eigenvalue weighted by Crippen LogP contribution is 2.22. The van der Waals surface area contributed by atoms with Gasteiger partial charge in [-0.05, 0) is 12.1 Å². The minimum absolute atomic E-state index is 0.0731. The van der Waals surface area contributed by atoms with Crippen molar-refractivity contribution in [2.75, 3.05) is 0 Å². The van der Waals surface area contributed by atoms with Crippen LogP contribution in [0, 0.1) is 5.82 Å². The SMILES string of the molecule is O=[SH](=O)Cc1nc2cc(F)ccc2s1. The highest BCUT2D eigenvalue weighted by molar-refractivity contribution is 7.71. The van der Waals surface area contributed by atoms with E-state index in [0.717, 1.165) is 4.70 Å². The molecule has 1 aromatic carbocycles. The number of hydrogen-bond acceptors (Lipinski definition) is 4. The van der Waals surface area contributed by atoms with Crippen molar-refractivity contribution in [3.8, 4) is 0 Å². The van der Waals surface area contributed by atoms with Crippen LogP contribution in [0.2, 0.25) is 0 Å². The van der Waals surface area contributed by atoms with E-state index in [2.05, 4.69) is 4.98 Å². The van der Waals surface area contributed by atoms with Gasteiger partial charge in [-0.15, -0.1) is 11.3 Å². The molecule has 0 saturated heterocycles. The molecule has 0 aliphatic carbocycles. The molecular weight excluding hydrogens is 225 g/mol. The molecule has 0 saturated carbocycles. The van der Waals surface area contributed by atoms with Crippen molar-refractivity contribution in [1.82, 2.24) is 4.98 Å². The number of thiol groups is 1. The number of hydrogen-bond donors (Lipinski definition) is 1. The summed E-state index contributed by atoms with van der Waals surface area (Å²) in [5, 5.41) is 0.502. The van der Waals surface area contributed by atoms with Gasteiger partial charge in [-0.25, -0.2) is 17.8 Å². The summed E-state index contributed by atoms with van der Waals surface area (Å²) in [4.78, 5) is 4.01. The minimum Gasteiger partial charge on any atom is -0.240 e. The van der Waals surface area contributed by atoms with Gasteiger partial charge in [0.1, 0.15) is 21.5 Å². The highest BCUT2D eigenvalue weighted by atomic mass is 32.2. The number of benzene rings is 1. The van der Waals surface area contributed by atoms with E-state index in [1.54, 1.807) is 6.07 Å². The van der Waals surface area contributed by atoms with Gasteiger partial charge in [0.25, 0.3) is 0 Å². The molecular formula is C8H6FNO2S2.